The molecule has 2 rings (SSSR count). The molecule has 1 heterocycles. The second-order valence-electron chi connectivity index (χ2n) is 4.54. The van der Waals surface area contributed by atoms with E-state index in [-0.39, 0.29) is 5.82 Å². The summed E-state index contributed by atoms with van der Waals surface area (Å²) in [6, 6.07) is 4.41. The van der Waals surface area contributed by atoms with Crippen molar-refractivity contribution in [2.24, 2.45) is 0 Å². The molecule has 3 nitrogen and oxygen atoms in total. The molecule has 0 saturated heterocycles. The normalized spacial score (nSPS) is 15.1. The van der Waals surface area contributed by atoms with Crippen LogP contribution in [-0.4, -0.2) is 23.2 Å². The fourth-order valence-electron chi connectivity index (χ4n) is 1.89. The number of hydrogen-bond donors (Lipinski definition) is 1. The second-order valence-corrected chi connectivity index (χ2v) is 4.54. The van der Waals surface area contributed by atoms with Gasteiger partial charge in [-0.1, -0.05) is 6.07 Å². The Morgan fingerprint density at radius 3 is 2.81 bits per heavy atom. The van der Waals surface area contributed by atoms with Crippen LogP contribution in [0.15, 0.2) is 18.2 Å². The third kappa shape index (κ3) is 1.80. The lowest BCUT2D eigenvalue weighted by Gasteiger charge is -2.25. The smallest absolute Gasteiger partial charge is 0.258 e. The quantitative estimate of drug-likeness (QED) is 0.783. The first-order chi connectivity index (χ1) is 7.39. The lowest BCUT2D eigenvalue weighted by atomic mass is 10.1. The van der Waals surface area contributed by atoms with Gasteiger partial charge in [-0.3, -0.25) is 4.79 Å². The highest BCUT2D eigenvalue weighted by Crippen LogP contribution is 2.30. The number of aliphatic hydroxyl groups is 1. The number of rotatable bonds is 1. The van der Waals surface area contributed by atoms with Crippen LogP contribution in [0.4, 0.5) is 10.1 Å². The Hall–Kier alpha value is -1.42. The van der Waals surface area contributed by atoms with Gasteiger partial charge in [-0.15, -0.1) is 0 Å². The van der Waals surface area contributed by atoms with Gasteiger partial charge in [-0.25, -0.2) is 4.39 Å². The van der Waals surface area contributed by atoms with E-state index in [2.05, 4.69) is 0 Å². The van der Waals surface area contributed by atoms with Crippen molar-refractivity contribution in [1.82, 2.24) is 0 Å². The predicted octanol–water partition coefficient (Wildman–Crippen LogP) is 1.49. The molecule has 0 fully saturated rings. The first kappa shape index (κ1) is 11.1. The van der Waals surface area contributed by atoms with E-state index in [1.165, 1.54) is 30.9 Å². The molecular weight excluding hydrogens is 209 g/mol. The summed E-state index contributed by atoms with van der Waals surface area (Å²) in [6.45, 7) is 3.38. The van der Waals surface area contributed by atoms with Gasteiger partial charge in [0.15, 0.2) is 0 Å². The lowest BCUT2D eigenvalue weighted by Crippen LogP contribution is -2.44. The van der Waals surface area contributed by atoms with E-state index < -0.39 is 11.5 Å². The van der Waals surface area contributed by atoms with E-state index in [0.717, 1.165) is 5.56 Å². The molecule has 0 spiro atoms. The van der Waals surface area contributed by atoms with Gasteiger partial charge in [0.05, 0.1) is 0 Å². The van der Waals surface area contributed by atoms with Crippen molar-refractivity contribution in [3.63, 3.8) is 0 Å². The van der Waals surface area contributed by atoms with E-state index in [1.807, 2.05) is 0 Å². The highest BCUT2D eigenvalue weighted by Gasteiger charge is 2.34. The van der Waals surface area contributed by atoms with Crippen LogP contribution in [0.3, 0.4) is 0 Å². The maximum Gasteiger partial charge on any atom is 0.258 e. The summed E-state index contributed by atoms with van der Waals surface area (Å²) in [7, 11) is 0. The number of amides is 1. The maximum absolute atomic E-state index is 13.1. The number of carbonyl (C=O) groups is 1. The molecule has 1 aromatic carbocycles. The zero-order valence-electron chi connectivity index (χ0n) is 9.33. The van der Waals surface area contributed by atoms with Crippen molar-refractivity contribution in [3.8, 4) is 0 Å². The number of benzene rings is 1. The topological polar surface area (TPSA) is 40.5 Å². The zero-order chi connectivity index (χ0) is 11.9. The van der Waals surface area contributed by atoms with Gasteiger partial charge in [-0.05, 0) is 38.0 Å². The molecule has 0 bridgehead atoms. The summed E-state index contributed by atoms with van der Waals surface area (Å²) < 4.78 is 13.1. The Kier molecular flexibility index (Phi) is 2.46. The number of carbonyl (C=O) groups excluding carboxylic acids is 1. The van der Waals surface area contributed by atoms with Crippen molar-refractivity contribution in [3.05, 3.63) is 29.6 Å². The molecule has 0 aromatic heterocycles. The summed E-state index contributed by atoms with van der Waals surface area (Å²) >= 11 is 0. The summed E-state index contributed by atoms with van der Waals surface area (Å²) in [4.78, 5) is 13.3. The number of fused-ring (bicyclic) bond motifs is 1. The van der Waals surface area contributed by atoms with Gasteiger partial charge >= 0.3 is 0 Å². The molecule has 0 atom stereocenters. The van der Waals surface area contributed by atoms with Gasteiger partial charge in [-0.2, -0.15) is 0 Å². The van der Waals surface area contributed by atoms with Crippen LogP contribution < -0.4 is 4.90 Å². The number of anilines is 1. The van der Waals surface area contributed by atoms with E-state index in [1.54, 1.807) is 6.07 Å². The van der Waals surface area contributed by atoms with Crippen molar-refractivity contribution >= 4 is 11.6 Å². The Morgan fingerprint density at radius 2 is 2.19 bits per heavy atom. The molecule has 1 aliphatic rings. The molecule has 86 valence electrons. The highest BCUT2D eigenvalue weighted by molar-refractivity contribution is 6.00. The number of hydrogen-bond acceptors (Lipinski definition) is 2. The fourth-order valence-corrected chi connectivity index (χ4v) is 1.89. The van der Waals surface area contributed by atoms with Crippen LogP contribution in [0, 0.1) is 5.82 Å². The van der Waals surface area contributed by atoms with Crippen LogP contribution in [0.5, 0.6) is 0 Å². The van der Waals surface area contributed by atoms with Gasteiger partial charge in [0.1, 0.15) is 11.4 Å². The third-order valence-electron chi connectivity index (χ3n) is 2.71. The van der Waals surface area contributed by atoms with Gasteiger partial charge in [0, 0.05) is 12.2 Å². The molecule has 1 N–H and O–H groups in total. The minimum Gasteiger partial charge on any atom is -0.381 e. The van der Waals surface area contributed by atoms with Crippen molar-refractivity contribution in [1.29, 1.82) is 0 Å². The molecule has 1 aliphatic heterocycles. The first-order valence-corrected chi connectivity index (χ1v) is 5.22. The Bertz CT molecular complexity index is 437. The Labute approximate surface area is 93.5 Å². The molecule has 4 heteroatoms. The molecular formula is C12H14FNO2. The first-order valence-electron chi connectivity index (χ1n) is 5.22. The van der Waals surface area contributed by atoms with Crippen LogP contribution in [0.1, 0.15) is 19.4 Å². The fraction of sp³-hybridized carbons (Fsp3) is 0.417. The monoisotopic (exact) mass is 223 g/mol. The average molecular weight is 223 g/mol. The molecule has 0 unspecified atom stereocenters. The average Bonchev–Trinajstić information content (AvgIpc) is 2.57. The van der Waals surface area contributed by atoms with Crippen LogP contribution in [0.25, 0.3) is 0 Å². The standard InChI is InChI=1S/C12H14FNO2/c1-12(2,16)11(15)14-6-5-8-3-4-9(13)7-10(8)14/h3-4,7,16H,5-6H2,1-2H3. The molecule has 0 saturated carbocycles. The third-order valence-corrected chi connectivity index (χ3v) is 2.71. The molecule has 1 aromatic rings. The minimum atomic E-state index is -1.42. The number of nitrogens with zero attached hydrogens (tertiary/aromatic N) is 1. The van der Waals surface area contributed by atoms with Gasteiger partial charge < -0.3 is 10.0 Å². The minimum absolute atomic E-state index is 0.366. The second kappa shape index (κ2) is 3.56. The molecule has 16 heavy (non-hydrogen) atoms. The molecule has 0 aliphatic carbocycles. The summed E-state index contributed by atoms with van der Waals surface area (Å²) in [6.07, 6.45) is 0.706. The Balaban J connectivity index is 2.37. The van der Waals surface area contributed by atoms with Crippen molar-refractivity contribution in [2.45, 2.75) is 25.9 Å². The van der Waals surface area contributed by atoms with Gasteiger partial charge in [0.2, 0.25) is 0 Å². The van der Waals surface area contributed by atoms with E-state index >= 15 is 0 Å². The van der Waals surface area contributed by atoms with Gasteiger partial charge in [0.25, 0.3) is 5.91 Å². The summed E-state index contributed by atoms with van der Waals surface area (Å²) in [5.74, 6) is -0.758. The molecule has 1 amide bonds. The van der Waals surface area contributed by atoms with Crippen LogP contribution in [-0.2, 0) is 11.2 Å². The predicted molar refractivity (Wildman–Crippen MR) is 58.8 cm³/mol. The van der Waals surface area contributed by atoms with E-state index in [4.69, 9.17) is 0 Å². The lowest BCUT2D eigenvalue weighted by molar-refractivity contribution is -0.133. The summed E-state index contributed by atoms with van der Waals surface area (Å²) in [5, 5.41) is 9.66. The van der Waals surface area contributed by atoms with Crippen LogP contribution in [0.2, 0.25) is 0 Å². The number of halogens is 1. The SMILES string of the molecule is CC(C)(O)C(=O)N1CCc2ccc(F)cc21. The van der Waals surface area contributed by atoms with Crippen molar-refractivity contribution in [2.75, 3.05) is 11.4 Å². The highest BCUT2D eigenvalue weighted by atomic mass is 19.1. The zero-order valence-corrected chi connectivity index (χ0v) is 9.33. The largest absolute Gasteiger partial charge is 0.381 e. The van der Waals surface area contributed by atoms with Crippen molar-refractivity contribution < 1.29 is 14.3 Å². The van der Waals surface area contributed by atoms with Crippen LogP contribution >= 0.6 is 0 Å². The maximum atomic E-state index is 13.1. The Morgan fingerprint density at radius 1 is 1.50 bits per heavy atom. The van der Waals surface area contributed by atoms with E-state index in [0.29, 0.717) is 18.7 Å². The molecule has 0 radical (unpaired) electrons. The summed E-state index contributed by atoms with van der Waals surface area (Å²) in [5.41, 5.74) is 0.0969. The van der Waals surface area contributed by atoms with E-state index in [9.17, 15) is 14.3 Å².